The second-order valence-electron chi connectivity index (χ2n) is 4.43. The number of hydrogen-bond acceptors (Lipinski definition) is 4. The standard InChI is InChI=1S/C10H13N3O2/c11-8(14)9-12-4-6-5-15-10(2-1-3-10)7(6)13-9/h4,6-7H,1-3,5H2,(H2,11,14). The summed E-state index contributed by atoms with van der Waals surface area (Å²) in [6.45, 7) is 0.670. The third-order valence-corrected chi connectivity index (χ3v) is 3.58. The number of carbonyl (C=O) groups excluding carboxylic acids is 1. The first kappa shape index (κ1) is 9.03. The fraction of sp³-hybridized carbons (Fsp3) is 0.700. The molecule has 2 atom stereocenters. The Morgan fingerprint density at radius 3 is 3.00 bits per heavy atom. The number of rotatable bonds is 1. The predicted molar refractivity (Wildman–Crippen MR) is 54.9 cm³/mol. The van der Waals surface area contributed by atoms with E-state index in [0.29, 0.717) is 6.61 Å². The van der Waals surface area contributed by atoms with Gasteiger partial charge in [-0.3, -0.25) is 9.79 Å². The summed E-state index contributed by atoms with van der Waals surface area (Å²) >= 11 is 0. The molecule has 2 fully saturated rings. The molecule has 0 aromatic heterocycles. The third-order valence-electron chi connectivity index (χ3n) is 3.58. The highest BCUT2D eigenvalue weighted by Crippen LogP contribution is 2.47. The van der Waals surface area contributed by atoms with Gasteiger partial charge in [0.2, 0.25) is 5.84 Å². The Labute approximate surface area is 87.4 Å². The van der Waals surface area contributed by atoms with Crippen molar-refractivity contribution >= 4 is 18.0 Å². The molecule has 5 heteroatoms. The van der Waals surface area contributed by atoms with Crippen LogP contribution in [0.1, 0.15) is 19.3 Å². The average molecular weight is 207 g/mol. The van der Waals surface area contributed by atoms with E-state index in [4.69, 9.17) is 10.5 Å². The quantitative estimate of drug-likeness (QED) is 0.651. The molecule has 15 heavy (non-hydrogen) atoms. The molecule has 1 saturated carbocycles. The van der Waals surface area contributed by atoms with Gasteiger partial charge in [0.1, 0.15) is 0 Å². The molecule has 1 amide bonds. The lowest BCUT2D eigenvalue weighted by molar-refractivity contribution is -0.112. The maximum atomic E-state index is 11.0. The van der Waals surface area contributed by atoms with E-state index in [9.17, 15) is 4.79 Å². The fourth-order valence-corrected chi connectivity index (χ4v) is 2.59. The number of fused-ring (bicyclic) bond motifs is 2. The molecule has 5 nitrogen and oxygen atoms in total. The molecule has 3 aliphatic rings. The van der Waals surface area contributed by atoms with E-state index in [1.54, 1.807) is 6.21 Å². The molecule has 1 aliphatic carbocycles. The first-order valence-corrected chi connectivity index (χ1v) is 5.27. The van der Waals surface area contributed by atoms with Crippen LogP contribution in [0.15, 0.2) is 9.98 Å². The molecule has 2 heterocycles. The Bertz CT molecular complexity index is 371. The van der Waals surface area contributed by atoms with E-state index in [2.05, 4.69) is 9.98 Å². The molecule has 3 rings (SSSR count). The molecule has 80 valence electrons. The van der Waals surface area contributed by atoms with Gasteiger partial charge in [0.25, 0.3) is 5.91 Å². The summed E-state index contributed by atoms with van der Waals surface area (Å²) in [6.07, 6.45) is 5.03. The van der Waals surface area contributed by atoms with E-state index in [-0.39, 0.29) is 23.4 Å². The van der Waals surface area contributed by atoms with Crippen molar-refractivity contribution < 1.29 is 9.53 Å². The van der Waals surface area contributed by atoms with Crippen LogP contribution in [0, 0.1) is 5.92 Å². The topological polar surface area (TPSA) is 77.0 Å². The van der Waals surface area contributed by atoms with E-state index >= 15 is 0 Å². The second kappa shape index (κ2) is 2.88. The second-order valence-corrected chi connectivity index (χ2v) is 4.43. The number of amides is 1. The van der Waals surface area contributed by atoms with Crippen LogP contribution in [0.3, 0.4) is 0 Å². The minimum atomic E-state index is -0.550. The molecule has 0 radical (unpaired) electrons. The summed E-state index contributed by atoms with van der Waals surface area (Å²) < 4.78 is 5.80. The number of amidine groups is 1. The number of hydrogen-bond donors (Lipinski definition) is 1. The Morgan fingerprint density at radius 2 is 2.40 bits per heavy atom. The zero-order valence-corrected chi connectivity index (χ0v) is 8.35. The molecule has 2 unspecified atom stereocenters. The summed E-state index contributed by atoms with van der Waals surface area (Å²) in [6, 6.07) is 0.0613. The Hall–Kier alpha value is -1.23. The number of nitrogens with two attached hydrogens (primary N) is 1. The molecule has 2 N–H and O–H groups in total. The van der Waals surface area contributed by atoms with Crippen molar-refractivity contribution in [2.24, 2.45) is 21.6 Å². The molecule has 0 aromatic carbocycles. The number of aliphatic imine (C=N–C) groups is 2. The van der Waals surface area contributed by atoms with Crippen LogP contribution in [0.25, 0.3) is 0 Å². The number of primary amides is 1. The minimum absolute atomic E-state index is 0.0613. The predicted octanol–water partition coefficient (Wildman–Crippen LogP) is -0.108. The van der Waals surface area contributed by atoms with Crippen LogP contribution in [0.5, 0.6) is 0 Å². The van der Waals surface area contributed by atoms with Gasteiger partial charge in [-0.2, -0.15) is 0 Å². The van der Waals surface area contributed by atoms with E-state index in [1.165, 1.54) is 6.42 Å². The molecule has 2 aliphatic heterocycles. The van der Waals surface area contributed by atoms with Gasteiger partial charge in [0.05, 0.1) is 18.2 Å². The Balaban J connectivity index is 1.92. The van der Waals surface area contributed by atoms with Crippen molar-refractivity contribution in [3.63, 3.8) is 0 Å². The SMILES string of the molecule is NC(=O)C1=NC2C(C=N1)COC21CCC1. The van der Waals surface area contributed by atoms with Gasteiger partial charge in [-0.1, -0.05) is 0 Å². The monoisotopic (exact) mass is 207 g/mol. The highest BCUT2D eigenvalue weighted by Gasteiger charge is 2.54. The van der Waals surface area contributed by atoms with Crippen LogP contribution >= 0.6 is 0 Å². The van der Waals surface area contributed by atoms with Crippen LogP contribution in [0.4, 0.5) is 0 Å². The van der Waals surface area contributed by atoms with Crippen molar-refractivity contribution in [1.29, 1.82) is 0 Å². The van der Waals surface area contributed by atoms with Gasteiger partial charge in [0.15, 0.2) is 0 Å². The van der Waals surface area contributed by atoms with Crippen LogP contribution < -0.4 is 5.73 Å². The minimum Gasteiger partial charge on any atom is -0.372 e. The van der Waals surface area contributed by atoms with Crippen molar-refractivity contribution in [3.05, 3.63) is 0 Å². The Morgan fingerprint density at radius 1 is 1.60 bits per heavy atom. The van der Waals surface area contributed by atoms with Crippen molar-refractivity contribution in [2.45, 2.75) is 30.9 Å². The largest absolute Gasteiger partial charge is 0.372 e. The number of nitrogens with zero attached hydrogens (tertiary/aromatic N) is 2. The van der Waals surface area contributed by atoms with Crippen molar-refractivity contribution in [3.8, 4) is 0 Å². The van der Waals surface area contributed by atoms with Gasteiger partial charge in [-0.15, -0.1) is 0 Å². The molecular weight excluding hydrogens is 194 g/mol. The Kier molecular flexibility index (Phi) is 1.74. The first-order valence-electron chi connectivity index (χ1n) is 5.27. The number of carbonyl (C=O) groups is 1. The number of ether oxygens (including phenoxy) is 1. The highest BCUT2D eigenvalue weighted by atomic mass is 16.5. The lowest BCUT2D eigenvalue weighted by Crippen LogP contribution is -2.48. The van der Waals surface area contributed by atoms with E-state index in [1.807, 2.05) is 0 Å². The molecule has 0 bridgehead atoms. The molecule has 0 aromatic rings. The average Bonchev–Trinajstić information content (AvgIpc) is 2.54. The highest BCUT2D eigenvalue weighted by molar-refractivity contribution is 6.39. The summed E-state index contributed by atoms with van der Waals surface area (Å²) in [5.41, 5.74) is 5.06. The first-order chi connectivity index (χ1) is 7.21. The van der Waals surface area contributed by atoms with Gasteiger partial charge in [-0.25, -0.2) is 4.99 Å². The summed E-state index contributed by atoms with van der Waals surface area (Å²) in [5.74, 6) is -0.174. The lowest BCUT2D eigenvalue weighted by Gasteiger charge is -2.41. The lowest BCUT2D eigenvalue weighted by atomic mass is 9.73. The fourth-order valence-electron chi connectivity index (χ4n) is 2.59. The van der Waals surface area contributed by atoms with Gasteiger partial charge < -0.3 is 10.5 Å². The molecule has 1 saturated heterocycles. The van der Waals surface area contributed by atoms with Crippen molar-refractivity contribution in [2.75, 3.05) is 6.61 Å². The maximum absolute atomic E-state index is 11.0. The van der Waals surface area contributed by atoms with Gasteiger partial charge in [-0.05, 0) is 19.3 Å². The van der Waals surface area contributed by atoms with Gasteiger partial charge >= 0.3 is 0 Å². The third kappa shape index (κ3) is 1.16. The van der Waals surface area contributed by atoms with E-state index < -0.39 is 5.91 Å². The van der Waals surface area contributed by atoms with E-state index in [0.717, 1.165) is 12.8 Å². The zero-order chi connectivity index (χ0) is 10.5. The van der Waals surface area contributed by atoms with Crippen LogP contribution in [-0.4, -0.2) is 36.2 Å². The van der Waals surface area contributed by atoms with Crippen LogP contribution in [-0.2, 0) is 9.53 Å². The van der Waals surface area contributed by atoms with Crippen LogP contribution in [0.2, 0.25) is 0 Å². The van der Waals surface area contributed by atoms with Gasteiger partial charge in [0, 0.05) is 12.1 Å². The normalized spacial score (nSPS) is 35.9. The van der Waals surface area contributed by atoms with Crippen molar-refractivity contribution in [1.82, 2.24) is 0 Å². The maximum Gasteiger partial charge on any atom is 0.286 e. The summed E-state index contributed by atoms with van der Waals surface area (Å²) in [5, 5.41) is 0. The zero-order valence-electron chi connectivity index (χ0n) is 8.35. The molecular formula is C10H13N3O2. The summed E-state index contributed by atoms with van der Waals surface area (Å²) in [4.78, 5) is 19.3. The molecule has 1 spiro atoms. The summed E-state index contributed by atoms with van der Waals surface area (Å²) in [7, 11) is 0. The smallest absolute Gasteiger partial charge is 0.286 e.